The number of rotatable bonds is 7. The van der Waals surface area contributed by atoms with Crippen LogP contribution in [0.5, 0.6) is 0 Å². The van der Waals surface area contributed by atoms with E-state index in [0.29, 0.717) is 0 Å². The van der Waals surface area contributed by atoms with Crippen molar-refractivity contribution in [2.24, 2.45) is 0 Å². The smallest absolute Gasteiger partial charge is 0.407 e. The Labute approximate surface area is 180 Å². The van der Waals surface area contributed by atoms with Crippen molar-refractivity contribution in [1.82, 2.24) is 10.6 Å². The van der Waals surface area contributed by atoms with Crippen molar-refractivity contribution < 1.29 is 23.9 Å². The Hall–Kier alpha value is -3.00. The molecule has 0 aliphatic heterocycles. The second kappa shape index (κ2) is 9.67. The second-order valence-corrected chi connectivity index (χ2v) is 7.32. The van der Waals surface area contributed by atoms with Gasteiger partial charge in [-0.1, -0.05) is 48.5 Å². The van der Waals surface area contributed by atoms with Crippen molar-refractivity contribution in [3.05, 3.63) is 59.7 Å². The maximum atomic E-state index is 12.3. The maximum absolute atomic E-state index is 12.3. The topological polar surface area (TPSA) is 93.7 Å². The van der Waals surface area contributed by atoms with Gasteiger partial charge < -0.3 is 20.1 Å². The molecule has 2 N–H and O–H groups in total. The molecule has 0 bridgehead atoms. The first-order chi connectivity index (χ1) is 14.5. The number of ether oxygens (including phenoxy) is 2. The molecule has 2 atom stereocenters. The lowest BCUT2D eigenvalue weighted by Gasteiger charge is -2.19. The number of benzene rings is 2. The van der Waals surface area contributed by atoms with Gasteiger partial charge in [0, 0.05) is 11.7 Å². The summed E-state index contributed by atoms with van der Waals surface area (Å²) < 4.78 is 10.0. The third-order valence-corrected chi connectivity index (χ3v) is 5.42. The monoisotopic (exact) mass is 428 g/mol. The molecule has 0 unspecified atom stereocenters. The summed E-state index contributed by atoms with van der Waals surface area (Å²) in [5.41, 5.74) is 4.48. The molecule has 0 saturated heterocycles. The first-order valence-electron chi connectivity index (χ1n) is 9.56. The summed E-state index contributed by atoms with van der Waals surface area (Å²) in [5, 5.41) is 4.97. The van der Waals surface area contributed by atoms with Gasteiger partial charge in [-0.05, 0) is 29.2 Å². The van der Waals surface area contributed by atoms with Gasteiger partial charge in [0.15, 0.2) is 0 Å². The van der Waals surface area contributed by atoms with Crippen molar-refractivity contribution >= 4 is 30.6 Å². The Morgan fingerprint density at radius 3 is 2.10 bits per heavy atom. The summed E-state index contributed by atoms with van der Waals surface area (Å²) in [7, 11) is 1.23. The molecule has 8 heteroatoms. The number of hydrogen-bond donors (Lipinski definition) is 3. The van der Waals surface area contributed by atoms with Gasteiger partial charge in [-0.3, -0.25) is 4.79 Å². The van der Waals surface area contributed by atoms with Crippen LogP contribution in [0.3, 0.4) is 0 Å². The molecule has 2 aromatic rings. The van der Waals surface area contributed by atoms with E-state index in [2.05, 4.69) is 40.1 Å². The van der Waals surface area contributed by atoms with E-state index in [4.69, 9.17) is 4.74 Å². The predicted octanol–water partition coefficient (Wildman–Crippen LogP) is 2.50. The van der Waals surface area contributed by atoms with Crippen LogP contribution in [0.2, 0.25) is 0 Å². The number of alkyl carbamates (subject to hydrolysis) is 1. The molecule has 2 aromatic carbocycles. The second-order valence-electron chi connectivity index (χ2n) is 6.96. The van der Waals surface area contributed by atoms with Gasteiger partial charge in [0.2, 0.25) is 5.91 Å². The highest BCUT2D eigenvalue weighted by Crippen LogP contribution is 2.44. The average molecular weight is 429 g/mol. The molecule has 158 valence electrons. The van der Waals surface area contributed by atoms with Crippen molar-refractivity contribution in [2.75, 3.05) is 19.5 Å². The van der Waals surface area contributed by atoms with Crippen molar-refractivity contribution in [1.29, 1.82) is 0 Å². The van der Waals surface area contributed by atoms with Crippen molar-refractivity contribution in [3.8, 4) is 11.1 Å². The summed E-state index contributed by atoms with van der Waals surface area (Å²) >= 11 is 4.02. The van der Waals surface area contributed by atoms with Crippen LogP contribution in [0, 0.1) is 0 Å². The summed E-state index contributed by atoms with van der Waals surface area (Å²) in [6.45, 7) is 1.65. The molecule has 0 saturated carbocycles. The molecule has 0 aromatic heterocycles. The van der Waals surface area contributed by atoms with Crippen LogP contribution < -0.4 is 10.6 Å². The van der Waals surface area contributed by atoms with Gasteiger partial charge in [-0.15, -0.1) is 0 Å². The molecule has 0 fully saturated rings. The zero-order valence-corrected chi connectivity index (χ0v) is 17.6. The Kier molecular flexibility index (Phi) is 6.99. The van der Waals surface area contributed by atoms with Gasteiger partial charge in [0.1, 0.15) is 18.7 Å². The fourth-order valence-electron chi connectivity index (χ4n) is 3.50. The van der Waals surface area contributed by atoms with Crippen LogP contribution in [0.15, 0.2) is 48.5 Å². The first kappa shape index (κ1) is 21.7. The first-order valence-corrected chi connectivity index (χ1v) is 10.2. The number of esters is 1. The number of methoxy groups -OCH3 is 1. The fraction of sp³-hybridized carbons (Fsp3) is 0.318. The molecule has 3 rings (SSSR count). The van der Waals surface area contributed by atoms with E-state index in [1.54, 1.807) is 0 Å². The Morgan fingerprint density at radius 2 is 1.57 bits per heavy atom. The van der Waals surface area contributed by atoms with Gasteiger partial charge in [-0.2, -0.15) is 12.6 Å². The SMILES string of the molecule is COC(=O)[C@H](CS)NC(=O)[C@H](C)NC(=O)OCC1c2ccccc2-c2ccccc21. The maximum Gasteiger partial charge on any atom is 0.407 e. The molecule has 2 amide bonds. The van der Waals surface area contributed by atoms with E-state index in [9.17, 15) is 14.4 Å². The summed E-state index contributed by atoms with van der Waals surface area (Å²) in [5.74, 6) is -1.13. The predicted molar refractivity (Wildman–Crippen MR) is 115 cm³/mol. The molecular formula is C22H24N2O5S. The number of thiol groups is 1. The Morgan fingerprint density at radius 1 is 1.00 bits per heavy atom. The minimum absolute atomic E-state index is 0.0693. The normalized spacial score (nSPS) is 14.1. The number of carbonyl (C=O) groups is 3. The standard InChI is InChI=1S/C22H24N2O5S/c1-13(20(25)24-19(12-30)21(26)28-2)23-22(27)29-11-18-16-9-5-3-7-14(16)15-8-4-6-10-17(15)18/h3-10,13,18-19,30H,11-12H2,1-2H3,(H,23,27)(H,24,25)/t13-,19-/m0/s1. The minimum atomic E-state index is -0.896. The van der Waals surface area contributed by atoms with Gasteiger partial charge >= 0.3 is 12.1 Å². The van der Waals surface area contributed by atoms with E-state index in [1.165, 1.54) is 14.0 Å². The van der Waals surface area contributed by atoms with E-state index in [1.807, 2.05) is 36.4 Å². The Bertz CT molecular complexity index is 903. The molecule has 0 spiro atoms. The minimum Gasteiger partial charge on any atom is -0.467 e. The third-order valence-electron chi connectivity index (χ3n) is 5.06. The molecule has 0 radical (unpaired) electrons. The lowest BCUT2D eigenvalue weighted by molar-refractivity contribution is -0.144. The molecule has 30 heavy (non-hydrogen) atoms. The molecule has 1 aliphatic carbocycles. The summed E-state index contributed by atoms with van der Waals surface area (Å²) in [6, 6.07) is 14.3. The van der Waals surface area contributed by atoms with Crippen molar-refractivity contribution in [3.63, 3.8) is 0 Å². The highest BCUT2D eigenvalue weighted by Gasteiger charge is 2.29. The van der Waals surface area contributed by atoms with E-state index in [-0.39, 0.29) is 18.3 Å². The summed E-state index contributed by atoms with van der Waals surface area (Å²) in [6.07, 6.45) is -0.708. The Balaban J connectivity index is 1.58. The van der Waals surface area contributed by atoms with E-state index in [0.717, 1.165) is 22.3 Å². The van der Waals surface area contributed by atoms with Crippen LogP contribution in [-0.2, 0) is 19.1 Å². The zero-order chi connectivity index (χ0) is 21.7. The fourth-order valence-corrected chi connectivity index (χ4v) is 3.74. The average Bonchev–Trinajstić information content (AvgIpc) is 3.09. The molecule has 7 nitrogen and oxygen atoms in total. The highest BCUT2D eigenvalue weighted by molar-refractivity contribution is 7.80. The van der Waals surface area contributed by atoms with Crippen LogP contribution in [0.1, 0.15) is 24.0 Å². The molecular weight excluding hydrogens is 404 g/mol. The zero-order valence-electron chi connectivity index (χ0n) is 16.8. The quantitative estimate of drug-likeness (QED) is 0.465. The molecule has 0 heterocycles. The third kappa shape index (κ3) is 4.59. The van der Waals surface area contributed by atoms with Gasteiger partial charge in [0.05, 0.1) is 7.11 Å². The van der Waals surface area contributed by atoms with Crippen LogP contribution in [-0.4, -0.2) is 49.5 Å². The van der Waals surface area contributed by atoms with Crippen LogP contribution in [0.25, 0.3) is 11.1 Å². The number of nitrogens with one attached hydrogen (secondary N) is 2. The number of fused-ring (bicyclic) bond motifs is 3. The lowest BCUT2D eigenvalue weighted by Crippen LogP contribution is -2.51. The van der Waals surface area contributed by atoms with Crippen LogP contribution in [0.4, 0.5) is 4.79 Å². The van der Waals surface area contributed by atoms with E-state index >= 15 is 0 Å². The van der Waals surface area contributed by atoms with Crippen molar-refractivity contribution in [2.45, 2.75) is 24.9 Å². The summed E-state index contributed by atoms with van der Waals surface area (Å²) in [4.78, 5) is 36.1. The number of carbonyl (C=O) groups excluding carboxylic acids is 3. The number of hydrogen-bond acceptors (Lipinski definition) is 6. The van der Waals surface area contributed by atoms with Crippen LogP contribution >= 0.6 is 12.6 Å². The largest absolute Gasteiger partial charge is 0.467 e. The molecule has 1 aliphatic rings. The van der Waals surface area contributed by atoms with Gasteiger partial charge in [0.25, 0.3) is 0 Å². The number of amides is 2. The van der Waals surface area contributed by atoms with Gasteiger partial charge in [-0.25, -0.2) is 9.59 Å². The van der Waals surface area contributed by atoms with E-state index < -0.39 is 30.1 Å². The lowest BCUT2D eigenvalue weighted by atomic mass is 9.98. The highest BCUT2D eigenvalue weighted by atomic mass is 32.1.